The molecule has 5 nitrogen and oxygen atoms in total. The third-order valence-electron chi connectivity index (χ3n) is 3.90. The van der Waals surface area contributed by atoms with Gasteiger partial charge in [-0.05, 0) is 25.2 Å². The first kappa shape index (κ1) is 17.0. The van der Waals surface area contributed by atoms with Gasteiger partial charge in [-0.15, -0.1) is 0 Å². The smallest absolute Gasteiger partial charge is 0.310 e. The van der Waals surface area contributed by atoms with Crippen LogP contribution in [0.15, 0.2) is 0 Å². The van der Waals surface area contributed by atoms with Crippen LogP contribution in [0.2, 0.25) is 0 Å². The number of carbonyl (C=O) groups is 2. The number of esters is 1. The van der Waals surface area contributed by atoms with Crippen molar-refractivity contribution in [3.05, 3.63) is 0 Å². The van der Waals surface area contributed by atoms with Crippen molar-refractivity contribution in [2.24, 2.45) is 17.1 Å². The number of piperidine rings is 1. The summed E-state index contributed by atoms with van der Waals surface area (Å²) in [6.45, 7) is 9.46. The Hall–Kier alpha value is -1.10. The summed E-state index contributed by atoms with van der Waals surface area (Å²) in [4.78, 5) is 25.8. The lowest BCUT2D eigenvalue weighted by molar-refractivity contribution is -0.151. The summed E-state index contributed by atoms with van der Waals surface area (Å²) in [7, 11) is 0. The molecule has 1 amide bonds. The summed E-state index contributed by atoms with van der Waals surface area (Å²) >= 11 is 0. The van der Waals surface area contributed by atoms with E-state index in [4.69, 9.17) is 10.5 Å². The molecule has 0 spiro atoms. The largest absolute Gasteiger partial charge is 0.466 e. The lowest BCUT2D eigenvalue weighted by Crippen LogP contribution is -2.46. The number of amides is 1. The topological polar surface area (TPSA) is 72.6 Å². The molecule has 0 aliphatic carbocycles. The van der Waals surface area contributed by atoms with Gasteiger partial charge in [-0.1, -0.05) is 20.8 Å². The lowest BCUT2D eigenvalue weighted by atomic mass is 9.85. The van der Waals surface area contributed by atoms with Gasteiger partial charge in [0.15, 0.2) is 0 Å². The SMILES string of the molecule is CCOC(=O)C1CCCN(C(=O)CC(N)C(C)(C)C)C1. The molecule has 0 aromatic rings. The van der Waals surface area contributed by atoms with Gasteiger partial charge in [0.1, 0.15) is 0 Å². The van der Waals surface area contributed by atoms with Crippen LogP contribution in [0.1, 0.15) is 47.0 Å². The molecule has 20 heavy (non-hydrogen) atoms. The molecule has 5 heteroatoms. The van der Waals surface area contributed by atoms with Crippen molar-refractivity contribution >= 4 is 11.9 Å². The van der Waals surface area contributed by atoms with Crippen LogP contribution >= 0.6 is 0 Å². The highest BCUT2D eigenvalue weighted by atomic mass is 16.5. The number of ether oxygens (including phenoxy) is 1. The first-order valence-electron chi connectivity index (χ1n) is 7.45. The van der Waals surface area contributed by atoms with E-state index in [1.54, 1.807) is 11.8 Å². The van der Waals surface area contributed by atoms with Crippen molar-refractivity contribution in [2.75, 3.05) is 19.7 Å². The second kappa shape index (κ2) is 7.07. The molecule has 2 atom stereocenters. The van der Waals surface area contributed by atoms with Gasteiger partial charge in [0.05, 0.1) is 12.5 Å². The normalized spacial score (nSPS) is 21.4. The molecule has 1 rings (SSSR count). The molecular weight excluding hydrogens is 256 g/mol. The van der Waals surface area contributed by atoms with Gasteiger partial charge < -0.3 is 15.4 Å². The molecule has 1 aliphatic heterocycles. The van der Waals surface area contributed by atoms with Crippen LogP contribution in [0.5, 0.6) is 0 Å². The molecule has 1 saturated heterocycles. The second-order valence-electron chi connectivity index (χ2n) is 6.61. The maximum Gasteiger partial charge on any atom is 0.310 e. The molecular formula is C15H28N2O3. The average molecular weight is 284 g/mol. The predicted octanol–water partition coefficient (Wildman–Crippen LogP) is 1.55. The van der Waals surface area contributed by atoms with Crippen LogP contribution in [0.4, 0.5) is 0 Å². The zero-order valence-corrected chi connectivity index (χ0v) is 13.1. The number of hydrogen-bond acceptors (Lipinski definition) is 4. The molecule has 0 aromatic heterocycles. The minimum absolute atomic E-state index is 0.0430. The highest BCUT2D eigenvalue weighted by Gasteiger charge is 2.31. The minimum Gasteiger partial charge on any atom is -0.466 e. The van der Waals surface area contributed by atoms with E-state index in [0.29, 0.717) is 26.1 Å². The summed E-state index contributed by atoms with van der Waals surface area (Å²) in [5.74, 6) is -0.329. The van der Waals surface area contributed by atoms with Crippen molar-refractivity contribution in [1.29, 1.82) is 0 Å². The van der Waals surface area contributed by atoms with Crippen molar-refractivity contribution < 1.29 is 14.3 Å². The number of nitrogens with two attached hydrogens (primary N) is 1. The van der Waals surface area contributed by atoms with Crippen molar-refractivity contribution in [3.63, 3.8) is 0 Å². The summed E-state index contributed by atoms with van der Waals surface area (Å²) < 4.78 is 5.04. The first-order valence-corrected chi connectivity index (χ1v) is 7.45. The van der Waals surface area contributed by atoms with Gasteiger partial charge in [0.25, 0.3) is 0 Å². The Morgan fingerprint density at radius 3 is 2.60 bits per heavy atom. The number of likely N-dealkylation sites (tertiary alicyclic amines) is 1. The van der Waals surface area contributed by atoms with Crippen molar-refractivity contribution in [2.45, 2.75) is 53.0 Å². The summed E-state index contributed by atoms with van der Waals surface area (Å²) in [5, 5.41) is 0. The number of hydrogen-bond donors (Lipinski definition) is 1. The van der Waals surface area contributed by atoms with Gasteiger partial charge >= 0.3 is 5.97 Å². The molecule has 2 unspecified atom stereocenters. The predicted molar refractivity (Wildman–Crippen MR) is 78.0 cm³/mol. The molecule has 2 N–H and O–H groups in total. The van der Waals surface area contributed by atoms with E-state index in [2.05, 4.69) is 0 Å². The minimum atomic E-state index is -0.190. The third-order valence-corrected chi connectivity index (χ3v) is 3.90. The Morgan fingerprint density at radius 1 is 1.40 bits per heavy atom. The monoisotopic (exact) mass is 284 g/mol. The van der Waals surface area contributed by atoms with Crippen LogP contribution in [0.25, 0.3) is 0 Å². The standard InChI is InChI=1S/C15H28N2O3/c1-5-20-14(19)11-7-6-8-17(10-11)13(18)9-12(16)15(2,3)4/h11-12H,5-10,16H2,1-4H3. The van der Waals surface area contributed by atoms with Crippen LogP contribution in [0.3, 0.4) is 0 Å². The number of nitrogens with zero attached hydrogens (tertiary/aromatic N) is 1. The highest BCUT2D eigenvalue weighted by Crippen LogP contribution is 2.23. The molecule has 0 aromatic carbocycles. The molecule has 0 bridgehead atoms. The first-order chi connectivity index (χ1) is 9.25. The van der Waals surface area contributed by atoms with Crippen LogP contribution < -0.4 is 5.73 Å². The number of rotatable bonds is 4. The summed E-state index contributed by atoms with van der Waals surface area (Å²) in [5.41, 5.74) is 5.97. The molecule has 116 valence electrons. The summed E-state index contributed by atoms with van der Waals surface area (Å²) in [6, 6.07) is -0.169. The van der Waals surface area contributed by atoms with E-state index in [9.17, 15) is 9.59 Å². The average Bonchev–Trinajstić information content (AvgIpc) is 2.38. The highest BCUT2D eigenvalue weighted by molar-refractivity contribution is 5.79. The fourth-order valence-electron chi connectivity index (χ4n) is 2.28. The third kappa shape index (κ3) is 4.78. The van der Waals surface area contributed by atoms with Crippen LogP contribution in [-0.4, -0.2) is 42.5 Å². The Labute approximate surface area is 121 Å². The van der Waals surface area contributed by atoms with E-state index in [1.165, 1.54) is 0 Å². The molecule has 1 heterocycles. The zero-order chi connectivity index (χ0) is 15.3. The molecule has 1 fully saturated rings. The lowest BCUT2D eigenvalue weighted by Gasteiger charge is -2.34. The van der Waals surface area contributed by atoms with E-state index in [0.717, 1.165) is 12.8 Å². The quantitative estimate of drug-likeness (QED) is 0.795. The molecule has 0 radical (unpaired) electrons. The van der Waals surface area contributed by atoms with Gasteiger partial charge in [-0.3, -0.25) is 9.59 Å². The van der Waals surface area contributed by atoms with Crippen molar-refractivity contribution in [1.82, 2.24) is 4.90 Å². The Kier molecular flexibility index (Phi) is 5.99. The Morgan fingerprint density at radius 2 is 2.05 bits per heavy atom. The number of carbonyl (C=O) groups excluding carboxylic acids is 2. The van der Waals surface area contributed by atoms with E-state index >= 15 is 0 Å². The summed E-state index contributed by atoms with van der Waals surface area (Å²) in [6.07, 6.45) is 1.98. The Bertz CT molecular complexity index is 350. The van der Waals surface area contributed by atoms with Gasteiger partial charge in [-0.25, -0.2) is 0 Å². The molecule has 0 saturated carbocycles. The fraction of sp³-hybridized carbons (Fsp3) is 0.867. The maximum atomic E-state index is 12.3. The van der Waals surface area contributed by atoms with Crippen molar-refractivity contribution in [3.8, 4) is 0 Å². The Balaban J connectivity index is 2.54. The van der Waals surface area contributed by atoms with Gasteiger partial charge in [-0.2, -0.15) is 0 Å². The second-order valence-corrected chi connectivity index (χ2v) is 6.61. The van der Waals surface area contributed by atoms with E-state index in [-0.39, 0.29) is 29.3 Å². The zero-order valence-electron chi connectivity index (χ0n) is 13.1. The fourth-order valence-corrected chi connectivity index (χ4v) is 2.28. The van der Waals surface area contributed by atoms with E-state index in [1.807, 2.05) is 20.8 Å². The van der Waals surface area contributed by atoms with Crippen LogP contribution in [0, 0.1) is 11.3 Å². The van der Waals surface area contributed by atoms with E-state index < -0.39 is 0 Å². The van der Waals surface area contributed by atoms with Gasteiger partial charge in [0.2, 0.25) is 5.91 Å². The van der Waals surface area contributed by atoms with Gasteiger partial charge in [0, 0.05) is 25.6 Å². The molecule has 1 aliphatic rings. The maximum absolute atomic E-state index is 12.3. The van der Waals surface area contributed by atoms with Crippen LogP contribution in [-0.2, 0) is 14.3 Å².